The number of carbonyl (C=O) groups excluding carboxylic acids is 1. The highest BCUT2D eigenvalue weighted by molar-refractivity contribution is 5.86. The zero-order valence-corrected chi connectivity index (χ0v) is 15.0. The van der Waals surface area contributed by atoms with Crippen LogP contribution in [0.4, 0.5) is 8.78 Å². The maximum Gasteiger partial charge on any atom is 0.387 e. The molecule has 0 atom stereocenters. The van der Waals surface area contributed by atoms with Gasteiger partial charge >= 0.3 is 6.61 Å². The van der Waals surface area contributed by atoms with E-state index in [0.717, 1.165) is 0 Å². The van der Waals surface area contributed by atoms with Gasteiger partial charge in [0.05, 0.1) is 5.54 Å². The van der Waals surface area contributed by atoms with E-state index in [4.69, 9.17) is 19.9 Å². The standard InChI is InChI=1S/C16H20F2N2O5.ClH/c1-20(14(21)16(19)2-4-22-5-3-16)8-10-6-12-13(24-9-23-12)7-11(10)25-15(17)18;/h6-7,15H,2-5,8-9,19H2,1H3;1H. The number of hydrogen-bond donors (Lipinski definition) is 1. The average Bonchev–Trinajstić information content (AvgIpc) is 3.01. The van der Waals surface area contributed by atoms with Crippen LogP contribution in [-0.2, 0) is 16.1 Å². The predicted molar refractivity (Wildman–Crippen MR) is 89.9 cm³/mol. The smallest absolute Gasteiger partial charge is 0.387 e. The van der Waals surface area contributed by atoms with Crippen molar-refractivity contribution in [2.75, 3.05) is 27.1 Å². The number of nitrogens with two attached hydrogens (primary N) is 1. The molecule has 2 aliphatic heterocycles. The third-order valence-corrected chi connectivity index (χ3v) is 4.34. The lowest BCUT2D eigenvalue weighted by Gasteiger charge is -2.35. The lowest BCUT2D eigenvalue weighted by molar-refractivity contribution is -0.139. The van der Waals surface area contributed by atoms with Gasteiger partial charge in [-0.15, -0.1) is 12.4 Å². The summed E-state index contributed by atoms with van der Waals surface area (Å²) in [6, 6.07) is 2.88. The maximum atomic E-state index is 12.7. The first kappa shape index (κ1) is 20.5. The number of alkyl halides is 2. The fourth-order valence-electron chi connectivity index (χ4n) is 2.95. The van der Waals surface area contributed by atoms with Crippen molar-refractivity contribution >= 4 is 18.3 Å². The van der Waals surface area contributed by atoms with Gasteiger partial charge in [-0.2, -0.15) is 8.78 Å². The predicted octanol–water partition coefficient (Wildman–Crippen LogP) is 1.90. The third kappa shape index (κ3) is 4.28. The number of amides is 1. The molecule has 0 radical (unpaired) electrons. The molecule has 1 fully saturated rings. The molecule has 1 aromatic carbocycles. The molecule has 1 aromatic rings. The SMILES string of the molecule is CN(Cc1cc2c(cc1OC(F)F)OCO2)C(=O)C1(N)CCOCC1.Cl. The van der Waals surface area contributed by atoms with Crippen molar-refractivity contribution in [3.05, 3.63) is 17.7 Å². The molecular weight excluding hydrogens is 374 g/mol. The van der Waals surface area contributed by atoms with E-state index < -0.39 is 12.2 Å². The van der Waals surface area contributed by atoms with Crippen LogP contribution in [0.15, 0.2) is 12.1 Å². The van der Waals surface area contributed by atoms with Crippen LogP contribution in [0.25, 0.3) is 0 Å². The number of benzene rings is 1. The Bertz CT molecular complexity index is 656. The van der Waals surface area contributed by atoms with Crippen molar-refractivity contribution in [2.45, 2.75) is 31.5 Å². The first-order chi connectivity index (χ1) is 11.9. The minimum Gasteiger partial charge on any atom is -0.454 e. The zero-order valence-electron chi connectivity index (χ0n) is 14.2. The van der Waals surface area contributed by atoms with Gasteiger partial charge in [0.1, 0.15) is 5.75 Å². The normalized spacial score (nSPS) is 17.6. The van der Waals surface area contributed by atoms with Gasteiger partial charge in [0.15, 0.2) is 11.5 Å². The molecule has 0 aromatic heterocycles. The summed E-state index contributed by atoms with van der Waals surface area (Å²) in [6.45, 7) is -2.10. The molecule has 2 aliphatic rings. The molecule has 3 rings (SSSR count). The van der Waals surface area contributed by atoms with Crippen LogP contribution in [0.1, 0.15) is 18.4 Å². The van der Waals surface area contributed by atoms with Crippen molar-refractivity contribution < 1.29 is 32.5 Å². The first-order valence-electron chi connectivity index (χ1n) is 7.88. The van der Waals surface area contributed by atoms with Gasteiger partial charge in [-0.1, -0.05) is 0 Å². The lowest BCUT2D eigenvalue weighted by atomic mass is 9.89. The molecule has 10 heteroatoms. The summed E-state index contributed by atoms with van der Waals surface area (Å²) in [7, 11) is 1.57. The van der Waals surface area contributed by atoms with Gasteiger partial charge in [0.2, 0.25) is 12.7 Å². The highest BCUT2D eigenvalue weighted by Crippen LogP contribution is 2.39. The molecule has 0 unspecified atom stereocenters. The number of nitrogens with zero attached hydrogens (tertiary/aromatic N) is 1. The van der Waals surface area contributed by atoms with E-state index in [9.17, 15) is 13.6 Å². The second-order valence-electron chi connectivity index (χ2n) is 6.12. The van der Waals surface area contributed by atoms with Crippen LogP contribution < -0.4 is 19.9 Å². The van der Waals surface area contributed by atoms with Crippen LogP contribution in [0, 0.1) is 0 Å². The molecule has 146 valence electrons. The van der Waals surface area contributed by atoms with Gasteiger partial charge in [-0.05, 0) is 18.9 Å². The number of fused-ring (bicyclic) bond motifs is 1. The van der Waals surface area contributed by atoms with Gasteiger partial charge in [0.25, 0.3) is 0 Å². The number of carbonyl (C=O) groups is 1. The second-order valence-corrected chi connectivity index (χ2v) is 6.12. The van der Waals surface area contributed by atoms with Crippen molar-refractivity contribution in [3.8, 4) is 17.2 Å². The Kier molecular flexibility index (Phi) is 6.48. The maximum absolute atomic E-state index is 12.7. The molecule has 2 N–H and O–H groups in total. The number of halogens is 3. The number of hydrogen-bond acceptors (Lipinski definition) is 6. The summed E-state index contributed by atoms with van der Waals surface area (Å²) in [6.07, 6.45) is 0.829. The first-order valence-corrected chi connectivity index (χ1v) is 7.88. The van der Waals surface area contributed by atoms with E-state index in [1.807, 2.05) is 0 Å². The Morgan fingerprint density at radius 2 is 1.92 bits per heavy atom. The van der Waals surface area contributed by atoms with Crippen LogP contribution >= 0.6 is 12.4 Å². The zero-order chi connectivity index (χ0) is 18.0. The third-order valence-electron chi connectivity index (χ3n) is 4.34. The van der Waals surface area contributed by atoms with Gasteiger partial charge < -0.3 is 29.6 Å². The molecule has 0 bridgehead atoms. The molecule has 0 aliphatic carbocycles. The summed E-state index contributed by atoms with van der Waals surface area (Å²) in [4.78, 5) is 14.1. The quantitative estimate of drug-likeness (QED) is 0.821. The monoisotopic (exact) mass is 394 g/mol. The van der Waals surface area contributed by atoms with Crippen LogP contribution in [-0.4, -0.2) is 50.0 Å². The van der Waals surface area contributed by atoms with Gasteiger partial charge in [-0.3, -0.25) is 4.79 Å². The fourth-order valence-corrected chi connectivity index (χ4v) is 2.95. The van der Waals surface area contributed by atoms with Crippen molar-refractivity contribution in [1.29, 1.82) is 0 Å². The van der Waals surface area contributed by atoms with Crippen LogP contribution in [0.5, 0.6) is 17.2 Å². The molecule has 1 amide bonds. The highest BCUT2D eigenvalue weighted by atomic mass is 35.5. The van der Waals surface area contributed by atoms with Crippen LogP contribution in [0.3, 0.4) is 0 Å². The summed E-state index contributed by atoms with van der Waals surface area (Å²) >= 11 is 0. The minimum atomic E-state index is -2.99. The molecular formula is C16H21ClF2N2O5. The molecule has 0 saturated carbocycles. The number of ether oxygens (including phenoxy) is 4. The van der Waals surface area contributed by atoms with Crippen molar-refractivity contribution in [2.24, 2.45) is 5.73 Å². The topological polar surface area (TPSA) is 83.2 Å². The summed E-state index contributed by atoms with van der Waals surface area (Å²) < 4.78 is 45.6. The largest absolute Gasteiger partial charge is 0.454 e. The van der Waals surface area contributed by atoms with Crippen molar-refractivity contribution in [1.82, 2.24) is 4.90 Å². The summed E-state index contributed by atoms with van der Waals surface area (Å²) in [5.41, 5.74) is 5.58. The molecule has 0 spiro atoms. The van der Waals surface area contributed by atoms with Crippen molar-refractivity contribution in [3.63, 3.8) is 0 Å². The van der Waals surface area contributed by atoms with E-state index in [2.05, 4.69) is 4.74 Å². The van der Waals surface area contributed by atoms with E-state index >= 15 is 0 Å². The average molecular weight is 395 g/mol. The molecule has 7 nitrogen and oxygen atoms in total. The number of rotatable bonds is 5. The Hall–Kier alpha value is -1.84. The number of likely N-dealkylation sites (N-methyl/N-ethyl adjacent to an activating group) is 1. The van der Waals surface area contributed by atoms with E-state index in [1.165, 1.54) is 17.0 Å². The highest BCUT2D eigenvalue weighted by Gasteiger charge is 2.38. The Morgan fingerprint density at radius 3 is 2.54 bits per heavy atom. The minimum absolute atomic E-state index is 0. The van der Waals surface area contributed by atoms with Gasteiger partial charge in [-0.25, -0.2) is 0 Å². The lowest BCUT2D eigenvalue weighted by Crippen LogP contribution is -2.57. The molecule has 1 saturated heterocycles. The van der Waals surface area contributed by atoms with E-state index in [1.54, 1.807) is 7.05 Å². The Balaban J connectivity index is 0.00000243. The molecule has 2 heterocycles. The van der Waals surface area contributed by atoms with E-state index in [0.29, 0.717) is 43.1 Å². The Morgan fingerprint density at radius 1 is 1.31 bits per heavy atom. The van der Waals surface area contributed by atoms with E-state index in [-0.39, 0.29) is 37.4 Å². The summed E-state index contributed by atoms with van der Waals surface area (Å²) in [5.74, 6) is 0.424. The van der Waals surface area contributed by atoms with Crippen LogP contribution in [0.2, 0.25) is 0 Å². The fraction of sp³-hybridized carbons (Fsp3) is 0.562. The second kappa shape index (κ2) is 8.24. The molecule has 26 heavy (non-hydrogen) atoms. The van der Waals surface area contributed by atoms with Gasteiger partial charge in [0, 0.05) is 38.4 Å². The Labute approximate surface area is 155 Å². The summed E-state index contributed by atoms with van der Waals surface area (Å²) in [5, 5.41) is 0.